The highest BCUT2D eigenvalue weighted by molar-refractivity contribution is 6.33. The molecule has 0 N–H and O–H groups in total. The number of carbonyl (C=O) groups is 1. The summed E-state index contributed by atoms with van der Waals surface area (Å²) in [4.78, 5) is 15.5. The molecule has 0 fully saturated rings. The van der Waals surface area contributed by atoms with Gasteiger partial charge in [-0.15, -0.1) is 0 Å². The van der Waals surface area contributed by atoms with E-state index in [2.05, 4.69) is 10.1 Å². The van der Waals surface area contributed by atoms with Crippen molar-refractivity contribution in [3.05, 3.63) is 41.3 Å². The molecular weight excluding hydrogens is 306 g/mol. The van der Waals surface area contributed by atoms with Gasteiger partial charge in [-0.2, -0.15) is 5.10 Å². The Morgan fingerprint density at radius 1 is 1.23 bits per heavy atom. The van der Waals surface area contributed by atoms with Gasteiger partial charge in [0.25, 0.3) is 0 Å². The molecule has 0 radical (unpaired) electrons. The lowest BCUT2D eigenvalue weighted by Crippen LogP contribution is -1.92. The van der Waals surface area contributed by atoms with Crippen molar-refractivity contribution in [1.82, 2.24) is 14.6 Å². The zero-order valence-corrected chi connectivity index (χ0v) is 12.7. The first-order chi connectivity index (χ1) is 10.7. The SMILES string of the molecule is COc1ccc(-c2nn3ccnc(Cl)c3c2C=O)cc1OC. The zero-order chi connectivity index (χ0) is 15.7. The van der Waals surface area contributed by atoms with Crippen LogP contribution in [0.25, 0.3) is 16.8 Å². The molecule has 0 atom stereocenters. The molecule has 22 heavy (non-hydrogen) atoms. The van der Waals surface area contributed by atoms with Crippen LogP contribution in [0, 0.1) is 0 Å². The van der Waals surface area contributed by atoms with Crippen molar-refractivity contribution < 1.29 is 14.3 Å². The Morgan fingerprint density at radius 2 is 2.00 bits per heavy atom. The van der Waals surface area contributed by atoms with Gasteiger partial charge in [0.15, 0.2) is 22.9 Å². The van der Waals surface area contributed by atoms with E-state index in [0.717, 1.165) is 11.8 Å². The van der Waals surface area contributed by atoms with E-state index in [0.29, 0.717) is 28.3 Å². The lowest BCUT2D eigenvalue weighted by atomic mass is 10.1. The zero-order valence-electron chi connectivity index (χ0n) is 11.9. The molecule has 0 amide bonds. The summed E-state index contributed by atoms with van der Waals surface area (Å²) in [7, 11) is 3.11. The van der Waals surface area contributed by atoms with Crippen molar-refractivity contribution in [3.63, 3.8) is 0 Å². The van der Waals surface area contributed by atoms with Crippen molar-refractivity contribution in [2.45, 2.75) is 0 Å². The number of carbonyl (C=O) groups excluding carboxylic acids is 1. The maximum atomic E-state index is 11.5. The lowest BCUT2D eigenvalue weighted by Gasteiger charge is -2.08. The van der Waals surface area contributed by atoms with Gasteiger partial charge in [-0.3, -0.25) is 4.79 Å². The van der Waals surface area contributed by atoms with Crippen LogP contribution in [0.15, 0.2) is 30.6 Å². The predicted molar refractivity (Wildman–Crippen MR) is 81.9 cm³/mol. The fraction of sp³-hybridized carbons (Fsp3) is 0.133. The molecule has 0 bridgehead atoms. The maximum absolute atomic E-state index is 11.5. The Kier molecular flexibility index (Phi) is 3.68. The summed E-state index contributed by atoms with van der Waals surface area (Å²) < 4.78 is 12.0. The number of ether oxygens (including phenoxy) is 2. The van der Waals surface area contributed by atoms with Crippen LogP contribution in [0.2, 0.25) is 5.15 Å². The number of fused-ring (bicyclic) bond motifs is 1. The van der Waals surface area contributed by atoms with Gasteiger partial charge in [-0.25, -0.2) is 9.50 Å². The number of halogens is 1. The van der Waals surface area contributed by atoms with Crippen LogP contribution >= 0.6 is 11.6 Å². The van der Waals surface area contributed by atoms with Crippen LogP contribution in [-0.4, -0.2) is 35.1 Å². The molecule has 6 nitrogen and oxygen atoms in total. The first-order valence-corrected chi connectivity index (χ1v) is 6.77. The molecule has 2 aromatic heterocycles. The van der Waals surface area contributed by atoms with Gasteiger partial charge in [-0.05, 0) is 18.2 Å². The second-order valence-corrected chi connectivity index (χ2v) is 4.82. The molecule has 0 aliphatic rings. The van der Waals surface area contributed by atoms with E-state index in [4.69, 9.17) is 21.1 Å². The number of nitrogens with zero attached hydrogens (tertiary/aromatic N) is 3. The van der Waals surface area contributed by atoms with Crippen molar-refractivity contribution in [2.75, 3.05) is 14.2 Å². The normalized spacial score (nSPS) is 10.7. The second kappa shape index (κ2) is 5.65. The van der Waals surface area contributed by atoms with E-state index in [9.17, 15) is 4.79 Å². The molecule has 0 aliphatic heterocycles. The Balaban J connectivity index is 2.26. The van der Waals surface area contributed by atoms with E-state index in [1.807, 2.05) is 0 Å². The van der Waals surface area contributed by atoms with Gasteiger partial charge in [-0.1, -0.05) is 11.6 Å². The summed E-state index contributed by atoms with van der Waals surface area (Å²) >= 11 is 6.07. The van der Waals surface area contributed by atoms with Gasteiger partial charge < -0.3 is 9.47 Å². The topological polar surface area (TPSA) is 65.7 Å². The molecular formula is C15H12ClN3O3. The number of rotatable bonds is 4. The molecule has 0 spiro atoms. The van der Waals surface area contributed by atoms with E-state index in [1.165, 1.54) is 10.7 Å². The number of benzene rings is 1. The van der Waals surface area contributed by atoms with Gasteiger partial charge in [0.05, 0.1) is 19.8 Å². The standard InChI is InChI=1S/C15H12ClN3O3/c1-21-11-4-3-9(7-12(11)22-2)13-10(8-20)14-15(16)17-5-6-19(14)18-13/h3-8H,1-2H3. The number of aldehydes is 1. The number of aromatic nitrogens is 3. The van der Waals surface area contributed by atoms with Crippen molar-refractivity contribution in [3.8, 4) is 22.8 Å². The molecule has 2 heterocycles. The second-order valence-electron chi connectivity index (χ2n) is 4.46. The van der Waals surface area contributed by atoms with Crippen molar-refractivity contribution >= 4 is 23.4 Å². The number of hydrogen-bond acceptors (Lipinski definition) is 5. The van der Waals surface area contributed by atoms with E-state index in [-0.39, 0.29) is 5.15 Å². The van der Waals surface area contributed by atoms with Crippen LogP contribution in [0.5, 0.6) is 11.5 Å². The highest BCUT2D eigenvalue weighted by Gasteiger charge is 2.18. The minimum Gasteiger partial charge on any atom is -0.493 e. The Morgan fingerprint density at radius 3 is 2.68 bits per heavy atom. The molecule has 0 saturated heterocycles. The average Bonchev–Trinajstić information content (AvgIpc) is 2.94. The fourth-order valence-electron chi connectivity index (χ4n) is 2.29. The minimum atomic E-state index is 0.226. The summed E-state index contributed by atoms with van der Waals surface area (Å²) in [6.07, 6.45) is 3.88. The minimum absolute atomic E-state index is 0.226. The third-order valence-electron chi connectivity index (χ3n) is 3.31. The summed E-state index contributed by atoms with van der Waals surface area (Å²) in [6.45, 7) is 0. The molecule has 112 valence electrons. The Bertz CT molecular complexity index is 861. The van der Waals surface area contributed by atoms with Gasteiger partial charge in [0, 0.05) is 18.0 Å². The Hall–Kier alpha value is -2.60. The lowest BCUT2D eigenvalue weighted by molar-refractivity contribution is 0.112. The van der Waals surface area contributed by atoms with Crippen LogP contribution in [0.4, 0.5) is 0 Å². The van der Waals surface area contributed by atoms with Crippen LogP contribution < -0.4 is 9.47 Å². The first-order valence-electron chi connectivity index (χ1n) is 6.40. The third kappa shape index (κ3) is 2.17. The molecule has 0 unspecified atom stereocenters. The average molecular weight is 318 g/mol. The van der Waals surface area contributed by atoms with E-state index < -0.39 is 0 Å². The monoisotopic (exact) mass is 317 g/mol. The molecule has 0 saturated carbocycles. The first kappa shape index (κ1) is 14.3. The Labute approximate surface area is 131 Å². The predicted octanol–water partition coefficient (Wildman–Crippen LogP) is 2.88. The summed E-state index contributed by atoms with van der Waals surface area (Å²) in [6, 6.07) is 5.32. The highest BCUT2D eigenvalue weighted by atomic mass is 35.5. The van der Waals surface area contributed by atoms with Crippen LogP contribution in [-0.2, 0) is 0 Å². The summed E-state index contributed by atoms with van der Waals surface area (Å²) in [5.41, 5.74) is 2.08. The highest BCUT2D eigenvalue weighted by Crippen LogP contribution is 2.34. The number of methoxy groups -OCH3 is 2. The smallest absolute Gasteiger partial charge is 0.161 e. The fourth-order valence-corrected chi connectivity index (χ4v) is 2.54. The van der Waals surface area contributed by atoms with Gasteiger partial charge in [0.1, 0.15) is 11.2 Å². The van der Waals surface area contributed by atoms with E-state index >= 15 is 0 Å². The summed E-state index contributed by atoms with van der Waals surface area (Å²) in [5, 5.41) is 4.64. The molecule has 7 heteroatoms. The number of hydrogen-bond donors (Lipinski definition) is 0. The van der Waals surface area contributed by atoms with Gasteiger partial charge >= 0.3 is 0 Å². The van der Waals surface area contributed by atoms with Crippen molar-refractivity contribution in [1.29, 1.82) is 0 Å². The van der Waals surface area contributed by atoms with Crippen LogP contribution in [0.3, 0.4) is 0 Å². The molecule has 1 aromatic carbocycles. The molecule has 3 rings (SSSR count). The van der Waals surface area contributed by atoms with Crippen LogP contribution in [0.1, 0.15) is 10.4 Å². The van der Waals surface area contributed by atoms with E-state index in [1.54, 1.807) is 38.6 Å². The third-order valence-corrected chi connectivity index (χ3v) is 3.59. The quantitative estimate of drug-likeness (QED) is 0.692. The largest absolute Gasteiger partial charge is 0.493 e. The summed E-state index contributed by atoms with van der Waals surface area (Å²) in [5.74, 6) is 1.15. The molecule has 0 aliphatic carbocycles. The van der Waals surface area contributed by atoms with Gasteiger partial charge in [0.2, 0.25) is 0 Å². The maximum Gasteiger partial charge on any atom is 0.161 e. The molecule has 3 aromatic rings. The van der Waals surface area contributed by atoms with Crippen molar-refractivity contribution in [2.24, 2.45) is 0 Å².